The minimum atomic E-state index is 0. The van der Waals surface area contributed by atoms with Gasteiger partial charge in [0.2, 0.25) is 0 Å². The summed E-state index contributed by atoms with van der Waals surface area (Å²) in [5.74, 6) is 0. The zero-order valence-electron chi connectivity index (χ0n) is 2.43. The third kappa shape index (κ3) is 54.8. The van der Waals surface area contributed by atoms with Crippen LogP contribution in [0.1, 0.15) is 0 Å². The van der Waals surface area contributed by atoms with Gasteiger partial charge in [0.15, 0.2) is 0 Å². The first-order valence-electron chi connectivity index (χ1n) is 0.236. The minimum absolute atomic E-state index is 0. The molecule has 0 spiro atoms. The maximum Gasteiger partial charge on any atom is 2.00 e. The van der Waals surface area contributed by atoms with Crippen molar-refractivity contribution >= 4 is 6.79 Å². The molecule has 0 atom stereocenters. The molecule has 2 heteroatoms. The molecule has 23 valence electrons. The van der Waals surface area contributed by atoms with E-state index in [0.29, 0.717) is 0 Å². The van der Waals surface area contributed by atoms with Gasteiger partial charge in [-0.25, -0.2) is 0 Å². The Kier molecular flexibility index (Phi) is 1830. The topological polar surface area (TPSA) is 17.1 Å². The van der Waals surface area contributed by atoms with Crippen molar-refractivity contribution in [1.29, 1.82) is 0 Å². The number of rotatable bonds is 0. The summed E-state index contributed by atoms with van der Waals surface area (Å²) in [6.45, 7) is 3.25. The second-order valence-electron chi connectivity index (χ2n) is 0. The molecule has 4 heavy (non-hydrogen) atoms. The SMILES string of the molecule is [CH-]=O.[CH3-].[V+2]. The number of hydrogen-bond donors (Lipinski definition) is 0. The molecule has 0 amide bonds. The summed E-state index contributed by atoms with van der Waals surface area (Å²) in [6, 6.07) is 0. The number of carbonyl (C=O) groups excluding carboxylic acids is 1. The van der Waals surface area contributed by atoms with Crippen LogP contribution in [0.5, 0.6) is 0 Å². The van der Waals surface area contributed by atoms with Gasteiger partial charge in [0.1, 0.15) is 0 Å². The predicted molar refractivity (Wildman–Crippen MR) is 13.2 cm³/mol. The van der Waals surface area contributed by atoms with Gasteiger partial charge >= 0.3 is 18.6 Å². The molecule has 0 heterocycles. The van der Waals surface area contributed by atoms with Gasteiger partial charge in [-0.3, -0.25) is 6.79 Å². The smallest absolute Gasteiger partial charge is 0.545 e. The molecule has 0 fully saturated rings. The van der Waals surface area contributed by atoms with Crippen LogP contribution in [-0.2, 0) is 23.4 Å². The van der Waals surface area contributed by atoms with Crippen LogP contribution in [0, 0.1) is 7.43 Å². The Morgan fingerprint density at radius 1 is 1.25 bits per heavy atom. The standard InChI is InChI=1S/CHO.CH3.V/c1-2;;/h1H;1H3;/q2*-1;+2. The van der Waals surface area contributed by atoms with Crippen molar-refractivity contribution in [3.05, 3.63) is 7.43 Å². The van der Waals surface area contributed by atoms with E-state index < -0.39 is 0 Å². The van der Waals surface area contributed by atoms with Gasteiger partial charge in [-0.1, -0.05) is 0 Å². The van der Waals surface area contributed by atoms with E-state index in [2.05, 4.69) is 6.79 Å². The molecule has 0 aromatic heterocycles. The Morgan fingerprint density at radius 2 is 1.25 bits per heavy atom. The zero-order valence-corrected chi connectivity index (χ0v) is 3.83. The summed E-state index contributed by atoms with van der Waals surface area (Å²) in [4.78, 5) is 7.75. The summed E-state index contributed by atoms with van der Waals surface area (Å²) >= 11 is 0. The van der Waals surface area contributed by atoms with Crippen molar-refractivity contribution in [2.24, 2.45) is 0 Å². The summed E-state index contributed by atoms with van der Waals surface area (Å²) in [5.41, 5.74) is 0. The Bertz CT molecular complexity index is 6.00. The molecule has 0 bridgehead atoms. The quantitative estimate of drug-likeness (QED) is 0.309. The Morgan fingerprint density at radius 3 is 1.25 bits per heavy atom. The van der Waals surface area contributed by atoms with E-state index in [4.69, 9.17) is 4.79 Å². The van der Waals surface area contributed by atoms with E-state index in [1.807, 2.05) is 0 Å². The van der Waals surface area contributed by atoms with E-state index in [1.54, 1.807) is 0 Å². The third-order valence-corrected chi connectivity index (χ3v) is 0. The van der Waals surface area contributed by atoms with Gasteiger partial charge in [0, 0.05) is 0 Å². The van der Waals surface area contributed by atoms with Crippen LogP contribution in [0.3, 0.4) is 0 Å². The van der Waals surface area contributed by atoms with Crippen LogP contribution in [0.15, 0.2) is 0 Å². The molecule has 1 radical (unpaired) electrons. The average Bonchev–Trinajstić information content (AvgIpc) is 1.00. The molecule has 0 aliphatic rings. The maximum atomic E-state index is 7.75. The molecular weight excluding hydrogens is 91.0 g/mol. The largest absolute Gasteiger partial charge is 2.00 e. The second kappa shape index (κ2) is 256. The molecule has 1 nitrogen and oxygen atoms in total. The monoisotopic (exact) mass is 95.0 g/mol. The van der Waals surface area contributed by atoms with Crippen LogP contribution in [-0.4, -0.2) is 6.79 Å². The Balaban J connectivity index is -0.00000000500. The minimum Gasteiger partial charge on any atom is -0.545 e. The maximum absolute atomic E-state index is 7.75. The van der Waals surface area contributed by atoms with E-state index in [9.17, 15) is 0 Å². The first-order valence-corrected chi connectivity index (χ1v) is 0.236. The molecule has 0 saturated heterocycles. The molecule has 0 aliphatic heterocycles. The molecular formula is C2H4OV. The van der Waals surface area contributed by atoms with Crippen molar-refractivity contribution in [2.75, 3.05) is 0 Å². The molecule has 0 aliphatic carbocycles. The predicted octanol–water partition coefficient (Wildman–Crippen LogP) is 0.174. The first-order chi connectivity index (χ1) is 1.00. The van der Waals surface area contributed by atoms with E-state index in [1.165, 1.54) is 0 Å². The number of hydrogen-bond acceptors (Lipinski definition) is 1. The van der Waals surface area contributed by atoms with E-state index in [-0.39, 0.29) is 26.0 Å². The fraction of sp³-hybridized carbons (Fsp3) is 0. The van der Waals surface area contributed by atoms with E-state index in [0.717, 1.165) is 0 Å². The van der Waals surface area contributed by atoms with Gasteiger partial charge < -0.3 is 12.2 Å². The summed E-state index contributed by atoms with van der Waals surface area (Å²) in [5, 5.41) is 0. The Labute approximate surface area is 38.3 Å². The molecule has 0 saturated carbocycles. The second-order valence-corrected chi connectivity index (χ2v) is 0. The van der Waals surface area contributed by atoms with Crippen LogP contribution < -0.4 is 0 Å². The van der Waals surface area contributed by atoms with Crippen molar-refractivity contribution in [3.8, 4) is 0 Å². The molecule has 0 rings (SSSR count). The van der Waals surface area contributed by atoms with Gasteiger partial charge in [-0.15, -0.1) is 0 Å². The third-order valence-electron chi connectivity index (χ3n) is 0. The van der Waals surface area contributed by atoms with Crippen LogP contribution in [0.25, 0.3) is 0 Å². The zero-order chi connectivity index (χ0) is 2.00. The fourth-order valence-corrected chi connectivity index (χ4v) is 0. The Hall–Kier alpha value is 0.254. The summed E-state index contributed by atoms with van der Waals surface area (Å²) in [7, 11) is 0. The fourth-order valence-electron chi connectivity index (χ4n) is 0. The molecule has 0 aromatic rings. The first kappa shape index (κ1) is 28.6. The molecule has 0 unspecified atom stereocenters. The normalized spacial score (nSPS) is 1.00. The molecule has 0 N–H and O–H groups in total. The average molecular weight is 95.0 g/mol. The van der Waals surface area contributed by atoms with Gasteiger partial charge in [-0.2, -0.15) is 0 Å². The van der Waals surface area contributed by atoms with Crippen molar-refractivity contribution in [3.63, 3.8) is 0 Å². The van der Waals surface area contributed by atoms with Crippen molar-refractivity contribution in [1.82, 2.24) is 0 Å². The van der Waals surface area contributed by atoms with Crippen LogP contribution >= 0.6 is 0 Å². The van der Waals surface area contributed by atoms with Crippen LogP contribution in [0.2, 0.25) is 0 Å². The summed E-state index contributed by atoms with van der Waals surface area (Å²) in [6.07, 6.45) is 0. The van der Waals surface area contributed by atoms with E-state index >= 15 is 0 Å². The van der Waals surface area contributed by atoms with Gasteiger partial charge in [0.25, 0.3) is 0 Å². The summed E-state index contributed by atoms with van der Waals surface area (Å²) < 4.78 is 0. The molecule has 0 aromatic carbocycles. The van der Waals surface area contributed by atoms with Crippen molar-refractivity contribution < 1.29 is 23.4 Å². The van der Waals surface area contributed by atoms with Gasteiger partial charge in [-0.05, 0) is 0 Å². The van der Waals surface area contributed by atoms with Gasteiger partial charge in [0.05, 0.1) is 0 Å². The van der Waals surface area contributed by atoms with Crippen LogP contribution in [0.4, 0.5) is 0 Å². The van der Waals surface area contributed by atoms with Crippen molar-refractivity contribution in [2.45, 2.75) is 0 Å².